The summed E-state index contributed by atoms with van der Waals surface area (Å²) in [5.74, 6) is 0.650. The average Bonchev–Trinajstić information content (AvgIpc) is 2.57. The van der Waals surface area contributed by atoms with E-state index in [0.29, 0.717) is 18.7 Å². The standard InChI is InChI=1S/C13H19NO3/c1-13(2,3)17-12(16)14-7-6-9-8-10(15)4-5-11(9)14/h4-5,9,15H,6-8H2,1-3H3. The lowest BCUT2D eigenvalue weighted by molar-refractivity contribution is 0.0335. The Labute approximate surface area is 102 Å². The van der Waals surface area contributed by atoms with Crippen LogP contribution in [-0.4, -0.2) is 28.2 Å². The minimum atomic E-state index is -0.470. The molecule has 2 rings (SSSR count). The first-order valence-electron chi connectivity index (χ1n) is 5.97. The second kappa shape index (κ2) is 4.09. The molecular weight excluding hydrogens is 218 g/mol. The van der Waals surface area contributed by atoms with Crippen molar-refractivity contribution in [3.63, 3.8) is 0 Å². The first-order valence-corrected chi connectivity index (χ1v) is 5.97. The van der Waals surface area contributed by atoms with E-state index in [1.54, 1.807) is 11.0 Å². The molecule has 0 aromatic carbocycles. The molecule has 2 aliphatic rings. The summed E-state index contributed by atoms with van der Waals surface area (Å²) in [6.07, 6.45) is 4.71. The van der Waals surface area contributed by atoms with Crippen LogP contribution in [0, 0.1) is 5.92 Å². The van der Waals surface area contributed by atoms with Gasteiger partial charge in [0.05, 0.1) is 5.76 Å². The van der Waals surface area contributed by atoms with Crippen LogP contribution in [0.25, 0.3) is 0 Å². The Bertz CT molecular complexity index is 390. The van der Waals surface area contributed by atoms with Crippen LogP contribution >= 0.6 is 0 Å². The van der Waals surface area contributed by atoms with Crippen LogP contribution < -0.4 is 0 Å². The van der Waals surface area contributed by atoms with Gasteiger partial charge in [0.15, 0.2) is 0 Å². The number of aliphatic hydroxyl groups excluding tert-OH is 1. The van der Waals surface area contributed by atoms with Crippen LogP contribution in [0.2, 0.25) is 0 Å². The Morgan fingerprint density at radius 1 is 1.47 bits per heavy atom. The minimum absolute atomic E-state index is 0.257. The summed E-state index contributed by atoms with van der Waals surface area (Å²) in [5.41, 5.74) is 0.500. The molecule has 0 aromatic heterocycles. The molecule has 1 aliphatic heterocycles. The number of likely N-dealkylation sites (tertiary alicyclic amines) is 1. The molecule has 1 fully saturated rings. The maximum absolute atomic E-state index is 12.0. The lowest BCUT2D eigenvalue weighted by Crippen LogP contribution is -2.34. The summed E-state index contributed by atoms with van der Waals surface area (Å²) in [6, 6.07) is 0. The van der Waals surface area contributed by atoms with E-state index in [1.807, 2.05) is 26.8 Å². The van der Waals surface area contributed by atoms with E-state index in [0.717, 1.165) is 12.1 Å². The number of hydrogen-bond donors (Lipinski definition) is 1. The Balaban J connectivity index is 2.11. The van der Waals surface area contributed by atoms with E-state index in [4.69, 9.17) is 4.74 Å². The summed E-state index contributed by atoms with van der Waals surface area (Å²) in [7, 11) is 0. The molecule has 17 heavy (non-hydrogen) atoms. The average molecular weight is 237 g/mol. The van der Waals surface area contributed by atoms with E-state index in [2.05, 4.69) is 0 Å². The van der Waals surface area contributed by atoms with Crippen molar-refractivity contribution in [2.75, 3.05) is 6.54 Å². The molecule has 0 aromatic rings. The molecule has 1 atom stereocenters. The number of amides is 1. The molecule has 0 saturated carbocycles. The number of rotatable bonds is 0. The highest BCUT2D eigenvalue weighted by Crippen LogP contribution is 2.36. The van der Waals surface area contributed by atoms with Crippen LogP contribution in [-0.2, 0) is 4.74 Å². The van der Waals surface area contributed by atoms with E-state index in [-0.39, 0.29) is 12.0 Å². The third-order valence-electron chi connectivity index (χ3n) is 2.95. The molecule has 0 radical (unpaired) electrons. The highest BCUT2D eigenvalue weighted by molar-refractivity contribution is 5.71. The van der Waals surface area contributed by atoms with Crippen LogP contribution in [0.3, 0.4) is 0 Å². The molecule has 1 aliphatic carbocycles. The fourth-order valence-electron chi connectivity index (χ4n) is 2.23. The number of ether oxygens (including phenoxy) is 1. The van der Waals surface area contributed by atoms with Gasteiger partial charge in [0.2, 0.25) is 0 Å². The third kappa shape index (κ3) is 2.62. The number of fused-ring (bicyclic) bond motifs is 1. The van der Waals surface area contributed by atoms with Gasteiger partial charge in [-0.25, -0.2) is 4.79 Å². The molecular formula is C13H19NO3. The van der Waals surface area contributed by atoms with Gasteiger partial charge in [-0.15, -0.1) is 0 Å². The summed E-state index contributed by atoms with van der Waals surface area (Å²) >= 11 is 0. The Kier molecular flexibility index (Phi) is 2.89. The lowest BCUT2D eigenvalue weighted by Gasteiger charge is -2.26. The zero-order valence-electron chi connectivity index (χ0n) is 10.6. The Hall–Kier alpha value is -1.45. The third-order valence-corrected chi connectivity index (χ3v) is 2.95. The Morgan fingerprint density at radius 2 is 2.18 bits per heavy atom. The fraction of sp³-hybridized carbons (Fsp3) is 0.615. The van der Waals surface area contributed by atoms with Crippen LogP contribution in [0.15, 0.2) is 23.6 Å². The summed E-state index contributed by atoms with van der Waals surface area (Å²) in [6.45, 7) is 6.25. The van der Waals surface area contributed by atoms with Crippen molar-refractivity contribution in [2.45, 2.75) is 39.2 Å². The molecule has 1 unspecified atom stereocenters. The Morgan fingerprint density at radius 3 is 2.82 bits per heavy atom. The smallest absolute Gasteiger partial charge is 0.414 e. The maximum atomic E-state index is 12.0. The SMILES string of the molecule is CC(C)(C)OC(=O)N1CCC2CC(O)=CC=C21. The summed E-state index contributed by atoms with van der Waals surface area (Å²) in [4.78, 5) is 13.7. The van der Waals surface area contributed by atoms with E-state index in [9.17, 15) is 9.90 Å². The van der Waals surface area contributed by atoms with Crippen molar-refractivity contribution in [2.24, 2.45) is 5.92 Å². The van der Waals surface area contributed by atoms with Crippen molar-refractivity contribution >= 4 is 6.09 Å². The zero-order chi connectivity index (χ0) is 12.6. The van der Waals surface area contributed by atoms with Gasteiger partial charge in [0.25, 0.3) is 0 Å². The first kappa shape index (κ1) is 12.0. The van der Waals surface area contributed by atoms with E-state index >= 15 is 0 Å². The second-order valence-corrected chi connectivity index (χ2v) is 5.57. The molecule has 1 saturated heterocycles. The highest BCUT2D eigenvalue weighted by Gasteiger charge is 2.35. The summed E-state index contributed by atoms with van der Waals surface area (Å²) in [5, 5.41) is 9.45. The molecule has 1 N–H and O–H groups in total. The largest absolute Gasteiger partial charge is 0.512 e. The second-order valence-electron chi connectivity index (χ2n) is 5.57. The molecule has 94 valence electrons. The van der Waals surface area contributed by atoms with Crippen molar-refractivity contribution in [3.8, 4) is 0 Å². The predicted molar refractivity (Wildman–Crippen MR) is 64.5 cm³/mol. The van der Waals surface area contributed by atoms with Crippen molar-refractivity contribution in [3.05, 3.63) is 23.6 Å². The highest BCUT2D eigenvalue weighted by atomic mass is 16.6. The van der Waals surface area contributed by atoms with Crippen LogP contribution in [0.1, 0.15) is 33.6 Å². The van der Waals surface area contributed by atoms with E-state index < -0.39 is 5.60 Å². The predicted octanol–water partition coefficient (Wildman–Crippen LogP) is 2.97. The zero-order valence-corrected chi connectivity index (χ0v) is 10.6. The van der Waals surface area contributed by atoms with Gasteiger partial charge >= 0.3 is 6.09 Å². The number of nitrogens with zero attached hydrogens (tertiary/aromatic N) is 1. The fourth-order valence-corrected chi connectivity index (χ4v) is 2.23. The van der Waals surface area contributed by atoms with Gasteiger partial charge < -0.3 is 9.84 Å². The number of carbonyl (C=O) groups is 1. The molecule has 4 heteroatoms. The van der Waals surface area contributed by atoms with Crippen LogP contribution in [0.5, 0.6) is 0 Å². The monoisotopic (exact) mass is 237 g/mol. The topological polar surface area (TPSA) is 49.8 Å². The van der Waals surface area contributed by atoms with Gasteiger partial charge in [-0.3, -0.25) is 4.90 Å². The summed E-state index contributed by atoms with van der Waals surface area (Å²) < 4.78 is 5.36. The van der Waals surface area contributed by atoms with Crippen molar-refractivity contribution < 1.29 is 14.6 Å². The molecule has 4 nitrogen and oxygen atoms in total. The molecule has 0 bridgehead atoms. The van der Waals surface area contributed by atoms with Gasteiger partial charge in [-0.1, -0.05) is 0 Å². The minimum Gasteiger partial charge on any atom is -0.512 e. The van der Waals surface area contributed by atoms with Gasteiger partial charge in [-0.2, -0.15) is 0 Å². The number of hydrogen-bond acceptors (Lipinski definition) is 3. The molecule has 1 amide bonds. The normalized spacial score (nSPS) is 23.9. The van der Waals surface area contributed by atoms with Crippen LogP contribution in [0.4, 0.5) is 4.79 Å². The number of aliphatic hydroxyl groups is 1. The molecule has 0 spiro atoms. The molecule has 1 heterocycles. The number of carbonyl (C=O) groups excluding carboxylic acids is 1. The van der Waals surface area contributed by atoms with Gasteiger partial charge in [0.1, 0.15) is 5.60 Å². The maximum Gasteiger partial charge on any atom is 0.414 e. The van der Waals surface area contributed by atoms with Gasteiger partial charge in [0, 0.05) is 24.6 Å². The quantitative estimate of drug-likeness (QED) is 0.704. The first-order chi connectivity index (χ1) is 7.87. The van der Waals surface area contributed by atoms with E-state index in [1.165, 1.54) is 0 Å². The van der Waals surface area contributed by atoms with Crippen molar-refractivity contribution in [1.82, 2.24) is 4.90 Å². The van der Waals surface area contributed by atoms with Gasteiger partial charge in [-0.05, 0) is 39.3 Å². The van der Waals surface area contributed by atoms with Crippen molar-refractivity contribution in [1.29, 1.82) is 0 Å². The lowest BCUT2D eigenvalue weighted by atomic mass is 9.96. The number of allylic oxidation sites excluding steroid dienone is 4.